The molecule has 0 aliphatic heterocycles. The standard InChI is InChI=1S/C16H20N6OS/c1-4-13(15-17-7-8-24-15)21-14(23)6-5-12-10(2)20-16-18-9-19-22(16)11(12)3/h7-9,13H,4-6H2,1-3H3,(H,21,23)/t13-/m1/s1. The molecule has 7 nitrogen and oxygen atoms in total. The van der Waals surface area contributed by atoms with E-state index >= 15 is 0 Å². The fraction of sp³-hybridized carbons (Fsp3) is 0.438. The Morgan fingerprint density at radius 2 is 2.21 bits per heavy atom. The Hall–Kier alpha value is -2.35. The summed E-state index contributed by atoms with van der Waals surface area (Å²) in [7, 11) is 0. The highest BCUT2D eigenvalue weighted by Crippen LogP contribution is 2.19. The van der Waals surface area contributed by atoms with Crippen LogP contribution in [0, 0.1) is 13.8 Å². The van der Waals surface area contributed by atoms with Crippen molar-refractivity contribution in [1.82, 2.24) is 29.9 Å². The van der Waals surface area contributed by atoms with Crippen LogP contribution >= 0.6 is 11.3 Å². The lowest BCUT2D eigenvalue weighted by Gasteiger charge is -2.15. The van der Waals surface area contributed by atoms with Crippen molar-refractivity contribution in [1.29, 1.82) is 0 Å². The molecule has 1 amide bonds. The third-order valence-electron chi connectivity index (χ3n) is 4.08. The van der Waals surface area contributed by atoms with Crippen molar-refractivity contribution in [2.45, 2.75) is 46.1 Å². The molecule has 0 bridgehead atoms. The molecule has 1 atom stereocenters. The molecule has 3 aromatic rings. The first kappa shape index (κ1) is 16.5. The van der Waals surface area contributed by atoms with Crippen LogP contribution in [0.2, 0.25) is 0 Å². The summed E-state index contributed by atoms with van der Waals surface area (Å²) in [6.07, 6.45) is 5.11. The number of carbonyl (C=O) groups excluding carboxylic acids is 1. The van der Waals surface area contributed by atoms with Crippen molar-refractivity contribution in [2.75, 3.05) is 0 Å². The lowest BCUT2D eigenvalue weighted by Crippen LogP contribution is -2.28. The molecule has 0 aliphatic rings. The van der Waals surface area contributed by atoms with Crippen LogP contribution in [0.25, 0.3) is 5.78 Å². The predicted octanol–water partition coefficient (Wildman–Crippen LogP) is 2.40. The molecule has 0 aliphatic carbocycles. The van der Waals surface area contributed by atoms with Crippen molar-refractivity contribution in [3.05, 3.63) is 39.9 Å². The fourth-order valence-electron chi connectivity index (χ4n) is 2.77. The molecule has 1 N–H and O–H groups in total. The second kappa shape index (κ2) is 7.04. The highest BCUT2D eigenvalue weighted by molar-refractivity contribution is 7.09. The number of hydrogen-bond donors (Lipinski definition) is 1. The van der Waals surface area contributed by atoms with E-state index in [1.54, 1.807) is 22.0 Å². The second-order valence-corrected chi connectivity index (χ2v) is 6.56. The van der Waals surface area contributed by atoms with Crippen LogP contribution in [0.1, 0.15) is 47.8 Å². The number of rotatable bonds is 6. The number of fused-ring (bicyclic) bond motifs is 1. The van der Waals surface area contributed by atoms with Gasteiger partial charge in [-0.15, -0.1) is 11.3 Å². The third-order valence-corrected chi connectivity index (χ3v) is 4.97. The zero-order chi connectivity index (χ0) is 17.1. The van der Waals surface area contributed by atoms with E-state index in [1.807, 2.05) is 26.2 Å². The molecule has 0 saturated heterocycles. The van der Waals surface area contributed by atoms with Gasteiger partial charge in [-0.25, -0.2) is 14.5 Å². The van der Waals surface area contributed by atoms with Crippen LogP contribution < -0.4 is 5.32 Å². The van der Waals surface area contributed by atoms with Crippen molar-refractivity contribution in [3.8, 4) is 0 Å². The quantitative estimate of drug-likeness (QED) is 0.742. The molecular weight excluding hydrogens is 324 g/mol. The normalized spacial score (nSPS) is 12.5. The Labute approximate surface area is 144 Å². The first-order valence-corrected chi connectivity index (χ1v) is 8.82. The Balaban J connectivity index is 1.68. The molecule has 8 heteroatoms. The minimum atomic E-state index is -0.0179. The summed E-state index contributed by atoms with van der Waals surface area (Å²) in [6.45, 7) is 5.97. The number of hydrogen-bond acceptors (Lipinski definition) is 6. The maximum atomic E-state index is 12.3. The number of amides is 1. The first-order chi connectivity index (χ1) is 11.6. The molecule has 3 heterocycles. The number of thiazole rings is 1. The maximum Gasteiger partial charge on any atom is 0.252 e. The van der Waals surface area contributed by atoms with Crippen molar-refractivity contribution >= 4 is 23.0 Å². The number of nitrogens with zero attached hydrogens (tertiary/aromatic N) is 5. The van der Waals surface area contributed by atoms with Crippen molar-refractivity contribution in [2.24, 2.45) is 0 Å². The Bertz CT molecular complexity index is 842. The van der Waals surface area contributed by atoms with Gasteiger partial charge in [0.05, 0.1) is 6.04 Å². The van der Waals surface area contributed by atoms with Crippen molar-refractivity contribution < 1.29 is 4.79 Å². The van der Waals surface area contributed by atoms with Gasteiger partial charge < -0.3 is 5.32 Å². The lowest BCUT2D eigenvalue weighted by atomic mass is 10.1. The fourth-order valence-corrected chi connectivity index (χ4v) is 3.54. The molecule has 3 aromatic heterocycles. The molecule has 0 spiro atoms. The topological polar surface area (TPSA) is 85.1 Å². The molecule has 126 valence electrons. The van der Waals surface area contributed by atoms with Crippen LogP contribution in [0.5, 0.6) is 0 Å². The van der Waals surface area contributed by atoms with Crippen LogP contribution in [0.4, 0.5) is 0 Å². The highest BCUT2D eigenvalue weighted by Gasteiger charge is 2.16. The zero-order valence-corrected chi connectivity index (χ0v) is 14.8. The first-order valence-electron chi connectivity index (χ1n) is 7.94. The van der Waals surface area contributed by atoms with Gasteiger partial charge in [0, 0.05) is 29.4 Å². The Kier molecular flexibility index (Phi) is 4.84. The van der Waals surface area contributed by atoms with E-state index in [0.29, 0.717) is 18.6 Å². The monoisotopic (exact) mass is 344 g/mol. The van der Waals surface area contributed by atoms with Gasteiger partial charge in [-0.3, -0.25) is 4.79 Å². The number of aromatic nitrogens is 5. The molecule has 0 unspecified atom stereocenters. The largest absolute Gasteiger partial charge is 0.347 e. The molecule has 0 fully saturated rings. The SMILES string of the molecule is CC[C@@H](NC(=O)CCc1c(C)nc2ncnn2c1C)c1nccs1. The van der Waals surface area contributed by atoms with Gasteiger partial charge in [0.1, 0.15) is 11.3 Å². The average molecular weight is 344 g/mol. The van der Waals surface area contributed by atoms with E-state index in [4.69, 9.17) is 0 Å². The maximum absolute atomic E-state index is 12.3. The number of aryl methyl sites for hydroxylation is 2. The summed E-state index contributed by atoms with van der Waals surface area (Å²) < 4.78 is 1.71. The third kappa shape index (κ3) is 3.28. The summed E-state index contributed by atoms with van der Waals surface area (Å²) >= 11 is 1.56. The van der Waals surface area contributed by atoms with Crippen LogP contribution in [0.15, 0.2) is 17.9 Å². The zero-order valence-electron chi connectivity index (χ0n) is 14.0. The van der Waals surface area contributed by atoms with E-state index in [-0.39, 0.29) is 11.9 Å². The van der Waals surface area contributed by atoms with Gasteiger partial charge in [0.2, 0.25) is 5.91 Å². The summed E-state index contributed by atoms with van der Waals surface area (Å²) in [4.78, 5) is 25.2. The van der Waals surface area contributed by atoms with E-state index < -0.39 is 0 Å². The highest BCUT2D eigenvalue weighted by atomic mass is 32.1. The van der Waals surface area contributed by atoms with E-state index in [1.165, 1.54) is 6.33 Å². The predicted molar refractivity (Wildman–Crippen MR) is 91.9 cm³/mol. The number of carbonyl (C=O) groups is 1. The van der Waals surface area contributed by atoms with Crippen molar-refractivity contribution in [3.63, 3.8) is 0 Å². The van der Waals surface area contributed by atoms with E-state index in [9.17, 15) is 4.79 Å². The van der Waals surface area contributed by atoms with E-state index in [0.717, 1.165) is 28.4 Å². The van der Waals surface area contributed by atoms with Crippen LogP contribution in [-0.2, 0) is 11.2 Å². The Morgan fingerprint density at radius 1 is 1.38 bits per heavy atom. The smallest absolute Gasteiger partial charge is 0.252 e. The van der Waals surface area contributed by atoms with E-state index in [2.05, 4.69) is 25.4 Å². The minimum absolute atomic E-state index is 0.0179. The van der Waals surface area contributed by atoms with Gasteiger partial charge in [0.25, 0.3) is 5.78 Å². The van der Waals surface area contributed by atoms with Crippen LogP contribution in [-0.4, -0.2) is 30.5 Å². The van der Waals surface area contributed by atoms with Gasteiger partial charge in [-0.1, -0.05) is 6.92 Å². The molecular formula is C16H20N6OS. The summed E-state index contributed by atoms with van der Waals surface area (Å²) in [5.41, 5.74) is 2.92. The van der Waals surface area contributed by atoms with Gasteiger partial charge in [0.15, 0.2) is 0 Å². The molecule has 0 aromatic carbocycles. The molecule has 0 saturated carbocycles. The summed E-state index contributed by atoms with van der Waals surface area (Å²) in [6, 6.07) is -0.0179. The van der Waals surface area contributed by atoms with Crippen LogP contribution in [0.3, 0.4) is 0 Å². The van der Waals surface area contributed by atoms with Gasteiger partial charge in [-0.05, 0) is 32.3 Å². The average Bonchev–Trinajstić information content (AvgIpc) is 3.23. The second-order valence-electron chi connectivity index (χ2n) is 5.63. The minimum Gasteiger partial charge on any atom is -0.347 e. The Morgan fingerprint density at radius 3 is 2.92 bits per heavy atom. The van der Waals surface area contributed by atoms with Gasteiger partial charge >= 0.3 is 0 Å². The number of nitrogens with one attached hydrogen (secondary N) is 1. The van der Waals surface area contributed by atoms with Gasteiger partial charge in [-0.2, -0.15) is 10.1 Å². The lowest BCUT2D eigenvalue weighted by molar-refractivity contribution is -0.121. The summed E-state index contributed by atoms with van der Waals surface area (Å²) in [5.74, 6) is 0.613. The molecule has 3 rings (SSSR count). The summed E-state index contributed by atoms with van der Waals surface area (Å²) in [5, 5.41) is 10.1. The molecule has 24 heavy (non-hydrogen) atoms. The molecule has 0 radical (unpaired) electrons.